The predicted octanol–water partition coefficient (Wildman–Crippen LogP) is 2.97. The Morgan fingerprint density at radius 1 is 1.41 bits per heavy atom. The van der Waals surface area contributed by atoms with Crippen LogP contribution in [-0.4, -0.2) is 22.4 Å². The Labute approximate surface area is 134 Å². The highest BCUT2D eigenvalue weighted by Gasteiger charge is 2.08. The number of ether oxygens (including phenoxy) is 1. The predicted molar refractivity (Wildman–Crippen MR) is 86.9 cm³/mol. The summed E-state index contributed by atoms with van der Waals surface area (Å²) < 4.78 is 5.59. The first-order valence-corrected chi connectivity index (χ1v) is 8.38. The van der Waals surface area contributed by atoms with Crippen molar-refractivity contribution in [3.8, 4) is 5.75 Å². The van der Waals surface area contributed by atoms with Crippen LogP contribution in [0.15, 0.2) is 29.9 Å². The molecule has 0 saturated heterocycles. The molecule has 5 nitrogen and oxygen atoms in total. The largest absolute Gasteiger partial charge is 0.485 e. The first-order chi connectivity index (χ1) is 10.8. The third-order valence-corrected chi connectivity index (χ3v) is 3.91. The van der Waals surface area contributed by atoms with Crippen LogP contribution in [0.4, 0.5) is 0 Å². The Kier molecular flexibility index (Phi) is 6.83. The molecule has 1 amide bonds. The highest BCUT2D eigenvalue weighted by Crippen LogP contribution is 2.14. The molecule has 2 aromatic rings. The SMILES string of the molecule is CCCCCNC(=O)Cc1csc(COc2cccnc2)n1. The molecule has 118 valence electrons. The van der Waals surface area contributed by atoms with Gasteiger partial charge >= 0.3 is 0 Å². The minimum Gasteiger partial charge on any atom is -0.485 e. The number of nitrogens with zero attached hydrogens (tertiary/aromatic N) is 2. The molecule has 2 heterocycles. The number of rotatable bonds is 9. The Hall–Kier alpha value is -1.95. The zero-order valence-corrected chi connectivity index (χ0v) is 13.6. The lowest BCUT2D eigenvalue weighted by Crippen LogP contribution is -2.26. The third-order valence-electron chi connectivity index (χ3n) is 3.04. The van der Waals surface area contributed by atoms with Crippen molar-refractivity contribution in [3.63, 3.8) is 0 Å². The van der Waals surface area contributed by atoms with E-state index in [-0.39, 0.29) is 5.91 Å². The number of pyridine rings is 1. The Morgan fingerprint density at radius 2 is 2.32 bits per heavy atom. The molecule has 6 heteroatoms. The summed E-state index contributed by atoms with van der Waals surface area (Å²) in [7, 11) is 0. The summed E-state index contributed by atoms with van der Waals surface area (Å²) in [6.07, 6.45) is 7.03. The van der Waals surface area contributed by atoms with Crippen molar-refractivity contribution in [1.29, 1.82) is 0 Å². The lowest BCUT2D eigenvalue weighted by Gasteiger charge is -2.03. The first kappa shape index (κ1) is 16.4. The summed E-state index contributed by atoms with van der Waals surface area (Å²) in [6.45, 7) is 3.29. The molecule has 2 aromatic heterocycles. The Balaban J connectivity index is 1.73. The lowest BCUT2D eigenvalue weighted by atomic mass is 10.2. The smallest absolute Gasteiger partial charge is 0.226 e. The van der Waals surface area contributed by atoms with Crippen molar-refractivity contribution in [2.24, 2.45) is 0 Å². The molecule has 22 heavy (non-hydrogen) atoms. The average Bonchev–Trinajstić information content (AvgIpc) is 2.98. The van der Waals surface area contributed by atoms with Gasteiger partial charge in [0.05, 0.1) is 18.3 Å². The number of nitrogens with one attached hydrogen (secondary N) is 1. The monoisotopic (exact) mass is 319 g/mol. The van der Waals surface area contributed by atoms with Crippen LogP contribution in [-0.2, 0) is 17.8 Å². The van der Waals surface area contributed by atoms with Crippen molar-refractivity contribution in [3.05, 3.63) is 40.6 Å². The van der Waals surface area contributed by atoms with Gasteiger partial charge in [0.25, 0.3) is 0 Å². The number of hydrogen-bond acceptors (Lipinski definition) is 5. The third kappa shape index (κ3) is 5.81. The molecule has 0 spiro atoms. The molecule has 0 aliphatic heterocycles. The van der Waals surface area contributed by atoms with E-state index >= 15 is 0 Å². The van der Waals surface area contributed by atoms with Gasteiger partial charge in [0.1, 0.15) is 17.4 Å². The summed E-state index contributed by atoms with van der Waals surface area (Å²) in [6, 6.07) is 3.68. The maximum Gasteiger partial charge on any atom is 0.226 e. The average molecular weight is 319 g/mol. The Bertz CT molecular complexity index is 572. The number of thiazole rings is 1. The summed E-state index contributed by atoms with van der Waals surface area (Å²) in [5.41, 5.74) is 0.794. The van der Waals surface area contributed by atoms with E-state index in [2.05, 4.69) is 22.2 Å². The van der Waals surface area contributed by atoms with E-state index in [1.165, 1.54) is 11.3 Å². The number of carbonyl (C=O) groups excluding carboxylic acids is 1. The fourth-order valence-electron chi connectivity index (χ4n) is 1.90. The second-order valence-corrected chi connectivity index (χ2v) is 5.89. The molecule has 0 saturated carbocycles. The van der Waals surface area contributed by atoms with Crippen LogP contribution in [0.25, 0.3) is 0 Å². The van der Waals surface area contributed by atoms with Gasteiger partial charge in [0, 0.05) is 18.1 Å². The van der Waals surface area contributed by atoms with Gasteiger partial charge in [0.15, 0.2) is 0 Å². The van der Waals surface area contributed by atoms with Crippen LogP contribution >= 0.6 is 11.3 Å². The maximum absolute atomic E-state index is 11.8. The highest BCUT2D eigenvalue weighted by molar-refractivity contribution is 7.09. The van der Waals surface area contributed by atoms with E-state index in [0.717, 1.165) is 36.5 Å². The van der Waals surface area contributed by atoms with Crippen LogP contribution in [0.5, 0.6) is 5.75 Å². The molecule has 0 aromatic carbocycles. The second-order valence-electron chi connectivity index (χ2n) is 4.94. The highest BCUT2D eigenvalue weighted by atomic mass is 32.1. The van der Waals surface area contributed by atoms with Gasteiger partial charge in [-0.15, -0.1) is 11.3 Å². The van der Waals surface area contributed by atoms with Gasteiger partial charge in [-0.2, -0.15) is 0 Å². The van der Waals surface area contributed by atoms with Crippen molar-refractivity contribution < 1.29 is 9.53 Å². The molecule has 2 rings (SSSR count). The minimum atomic E-state index is 0.0288. The van der Waals surface area contributed by atoms with E-state index < -0.39 is 0 Å². The second kappa shape index (κ2) is 9.15. The fraction of sp³-hybridized carbons (Fsp3) is 0.438. The molecule has 0 fully saturated rings. The van der Waals surface area contributed by atoms with E-state index in [1.54, 1.807) is 12.4 Å². The zero-order valence-electron chi connectivity index (χ0n) is 12.7. The van der Waals surface area contributed by atoms with E-state index in [4.69, 9.17) is 4.74 Å². The van der Waals surface area contributed by atoms with Crippen LogP contribution in [0.3, 0.4) is 0 Å². The van der Waals surface area contributed by atoms with Crippen LogP contribution in [0.1, 0.15) is 36.9 Å². The standard InChI is InChI=1S/C16H21N3O2S/c1-2-3-4-8-18-15(20)9-13-12-22-16(19-13)11-21-14-6-5-7-17-10-14/h5-7,10,12H,2-4,8-9,11H2,1H3,(H,18,20). The van der Waals surface area contributed by atoms with Gasteiger partial charge in [-0.1, -0.05) is 19.8 Å². The van der Waals surface area contributed by atoms with Crippen molar-refractivity contribution >= 4 is 17.2 Å². The number of amides is 1. The number of unbranched alkanes of at least 4 members (excludes halogenated alkanes) is 2. The fourth-order valence-corrected chi connectivity index (χ4v) is 2.61. The van der Waals surface area contributed by atoms with Crippen molar-refractivity contribution in [2.45, 2.75) is 39.2 Å². The quantitative estimate of drug-likeness (QED) is 0.722. The summed E-state index contributed by atoms with van der Waals surface area (Å²) in [4.78, 5) is 20.2. The molecule has 0 aliphatic rings. The van der Waals surface area contributed by atoms with Gasteiger partial charge in [-0.25, -0.2) is 4.98 Å². The van der Waals surface area contributed by atoms with Gasteiger partial charge in [-0.3, -0.25) is 9.78 Å². The van der Waals surface area contributed by atoms with Crippen LogP contribution in [0, 0.1) is 0 Å². The summed E-state index contributed by atoms with van der Waals surface area (Å²) in [5, 5.41) is 5.69. The molecule has 0 aliphatic carbocycles. The minimum absolute atomic E-state index is 0.0288. The van der Waals surface area contributed by atoms with E-state index in [0.29, 0.717) is 18.8 Å². The van der Waals surface area contributed by atoms with Crippen molar-refractivity contribution in [1.82, 2.24) is 15.3 Å². The van der Waals surface area contributed by atoms with Gasteiger partial charge < -0.3 is 10.1 Å². The van der Waals surface area contributed by atoms with Crippen LogP contribution in [0.2, 0.25) is 0 Å². The van der Waals surface area contributed by atoms with Gasteiger partial charge in [0.2, 0.25) is 5.91 Å². The molecule has 0 bridgehead atoms. The summed E-state index contributed by atoms with van der Waals surface area (Å²) >= 11 is 1.51. The molecule has 0 unspecified atom stereocenters. The maximum atomic E-state index is 11.8. The van der Waals surface area contributed by atoms with E-state index in [1.807, 2.05) is 17.5 Å². The normalized spacial score (nSPS) is 10.4. The lowest BCUT2D eigenvalue weighted by molar-refractivity contribution is -0.120. The molecular formula is C16H21N3O2S. The van der Waals surface area contributed by atoms with Crippen LogP contribution < -0.4 is 10.1 Å². The summed E-state index contributed by atoms with van der Waals surface area (Å²) in [5.74, 6) is 0.744. The first-order valence-electron chi connectivity index (χ1n) is 7.50. The molecular weight excluding hydrogens is 298 g/mol. The topological polar surface area (TPSA) is 64.1 Å². The number of aromatic nitrogens is 2. The van der Waals surface area contributed by atoms with Crippen molar-refractivity contribution in [2.75, 3.05) is 6.54 Å². The number of carbonyl (C=O) groups is 1. The number of hydrogen-bond donors (Lipinski definition) is 1. The molecule has 0 radical (unpaired) electrons. The van der Waals surface area contributed by atoms with E-state index in [9.17, 15) is 4.79 Å². The Morgan fingerprint density at radius 3 is 3.09 bits per heavy atom. The molecule has 1 N–H and O–H groups in total. The molecule has 0 atom stereocenters. The van der Waals surface area contributed by atoms with Gasteiger partial charge in [-0.05, 0) is 18.6 Å². The zero-order chi connectivity index (χ0) is 15.6.